The first-order chi connectivity index (χ1) is 8.35. The molecule has 0 aromatic heterocycles. The number of halogens is 1. The minimum Gasteiger partial charge on any atom is -0.469 e. The molecular formula is C12H15FO4S. The van der Waals surface area contributed by atoms with Crippen molar-refractivity contribution in [3.05, 3.63) is 35.6 Å². The number of carbonyl (C=O) groups excluding carboxylic acids is 1. The van der Waals surface area contributed by atoms with Gasteiger partial charge in [-0.2, -0.15) is 0 Å². The van der Waals surface area contributed by atoms with Crippen LogP contribution in [0.15, 0.2) is 24.3 Å². The maximum absolute atomic E-state index is 13.3. The van der Waals surface area contributed by atoms with Gasteiger partial charge >= 0.3 is 5.97 Å². The number of ether oxygens (including phenoxy) is 1. The highest BCUT2D eigenvalue weighted by Gasteiger charge is 2.23. The van der Waals surface area contributed by atoms with Crippen molar-refractivity contribution in [2.45, 2.75) is 12.7 Å². The highest BCUT2D eigenvalue weighted by molar-refractivity contribution is 7.90. The van der Waals surface area contributed by atoms with Gasteiger partial charge in [0.2, 0.25) is 0 Å². The molecule has 1 rings (SSSR count). The van der Waals surface area contributed by atoms with Gasteiger partial charge in [-0.05, 0) is 6.07 Å². The quantitative estimate of drug-likeness (QED) is 0.764. The lowest BCUT2D eigenvalue weighted by Gasteiger charge is -2.10. The van der Waals surface area contributed by atoms with E-state index in [9.17, 15) is 17.6 Å². The summed E-state index contributed by atoms with van der Waals surface area (Å²) in [5.41, 5.74) is 0.106. The average molecular weight is 274 g/mol. The summed E-state index contributed by atoms with van der Waals surface area (Å²) in [6, 6.07) is 5.67. The zero-order valence-corrected chi connectivity index (χ0v) is 11.0. The van der Waals surface area contributed by atoms with Crippen molar-refractivity contribution < 1.29 is 22.3 Å². The molecule has 0 heterocycles. The first-order valence-corrected chi connectivity index (χ1v) is 7.19. The van der Waals surface area contributed by atoms with Gasteiger partial charge in [-0.25, -0.2) is 12.8 Å². The molecule has 18 heavy (non-hydrogen) atoms. The molecule has 0 spiro atoms. The maximum Gasteiger partial charge on any atom is 0.309 e. The second kappa shape index (κ2) is 5.95. The first kappa shape index (κ1) is 14.6. The third-order valence-electron chi connectivity index (χ3n) is 2.44. The number of esters is 1. The zero-order valence-electron chi connectivity index (χ0n) is 10.2. The molecule has 0 aliphatic carbocycles. The summed E-state index contributed by atoms with van der Waals surface area (Å²) in [6.45, 7) is 1.46. The molecule has 0 radical (unpaired) electrons. The number of hydrogen-bond acceptors (Lipinski definition) is 4. The molecule has 1 aromatic rings. The minimum atomic E-state index is -3.55. The molecule has 0 aliphatic heterocycles. The van der Waals surface area contributed by atoms with Crippen LogP contribution in [-0.4, -0.2) is 27.2 Å². The minimum absolute atomic E-state index is 0.106. The monoisotopic (exact) mass is 274 g/mol. The highest BCUT2D eigenvalue weighted by Crippen LogP contribution is 2.13. The number of methoxy groups -OCH3 is 1. The van der Waals surface area contributed by atoms with Crippen LogP contribution in [0.1, 0.15) is 12.5 Å². The Morgan fingerprint density at radius 1 is 1.39 bits per heavy atom. The molecule has 0 bridgehead atoms. The van der Waals surface area contributed by atoms with Gasteiger partial charge in [0.15, 0.2) is 9.84 Å². The third kappa shape index (κ3) is 4.10. The highest BCUT2D eigenvalue weighted by atomic mass is 32.2. The predicted molar refractivity (Wildman–Crippen MR) is 65.1 cm³/mol. The van der Waals surface area contributed by atoms with Crippen LogP contribution in [-0.2, 0) is 25.1 Å². The molecule has 6 heteroatoms. The van der Waals surface area contributed by atoms with Crippen molar-refractivity contribution in [3.63, 3.8) is 0 Å². The van der Waals surface area contributed by atoms with Crippen LogP contribution < -0.4 is 0 Å². The molecule has 0 saturated carbocycles. The Labute approximate surface area is 106 Å². The summed E-state index contributed by atoms with van der Waals surface area (Å²) in [5.74, 6) is -2.68. The van der Waals surface area contributed by atoms with Crippen molar-refractivity contribution in [2.75, 3.05) is 12.9 Å². The van der Waals surface area contributed by atoms with Gasteiger partial charge in [0.1, 0.15) is 5.82 Å². The molecule has 1 atom stereocenters. The Hall–Kier alpha value is -1.43. The summed E-state index contributed by atoms with van der Waals surface area (Å²) in [6.07, 6.45) is 0. The van der Waals surface area contributed by atoms with E-state index >= 15 is 0 Å². The van der Waals surface area contributed by atoms with Gasteiger partial charge < -0.3 is 4.74 Å². The lowest BCUT2D eigenvalue weighted by Crippen LogP contribution is -2.23. The molecule has 0 saturated heterocycles. The van der Waals surface area contributed by atoms with E-state index in [-0.39, 0.29) is 11.3 Å². The second-order valence-electron chi connectivity index (χ2n) is 4.07. The van der Waals surface area contributed by atoms with Gasteiger partial charge in [0.05, 0.1) is 24.5 Å². The van der Waals surface area contributed by atoms with Crippen molar-refractivity contribution in [3.8, 4) is 0 Å². The maximum atomic E-state index is 13.3. The molecule has 4 nitrogen and oxygen atoms in total. The molecule has 0 fully saturated rings. The molecule has 0 aliphatic rings. The number of rotatable bonds is 5. The second-order valence-corrected chi connectivity index (χ2v) is 6.18. The fourth-order valence-corrected chi connectivity index (χ4v) is 3.29. The summed E-state index contributed by atoms with van der Waals surface area (Å²) in [5, 5.41) is 0. The normalized spacial score (nSPS) is 13.1. The fraction of sp³-hybridized carbons (Fsp3) is 0.417. The van der Waals surface area contributed by atoms with E-state index in [1.165, 1.54) is 32.2 Å². The van der Waals surface area contributed by atoms with Crippen LogP contribution >= 0.6 is 0 Å². The Bertz CT molecular complexity index is 525. The number of benzene rings is 1. The van der Waals surface area contributed by atoms with Gasteiger partial charge in [-0.3, -0.25) is 4.79 Å². The molecule has 1 aromatic carbocycles. The SMILES string of the molecule is COC(=O)C(C)CS(=O)(=O)Cc1ccccc1F. The Kier molecular flexibility index (Phi) is 4.84. The van der Waals surface area contributed by atoms with E-state index in [1.54, 1.807) is 6.07 Å². The van der Waals surface area contributed by atoms with Crippen LogP contribution in [0, 0.1) is 11.7 Å². The summed E-state index contributed by atoms with van der Waals surface area (Å²) in [7, 11) is -2.36. The Morgan fingerprint density at radius 2 is 2.00 bits per heavy atom. The van der Waals surface area contributed by atoms with Gasteiger partial charge in [-0.15, -0.1) is 0 Å². The molecule has 0 N–H and O–H groups in total. The van der Waals surface area contributed by atoms with Crippen LogP contribution in [0.3, 0.4) is 0 Å². The van der Waals surface area contributed by atoms with Crippen LogP contribution in [0.4, 0.5) is 4.39 Å². The van der Waals surface area contributed by atoms with E-state index in [0.29, 0.717) is 0 Å². The van der Waals surface area contributed by atoms with Crippen molar-refractivity contribution >= 4 is 15.8 Å². The number of hydrogen-bond donors (Lipinski definition) is 0. The smallest absolute Gasteiger partial charge is 0.309 e. The van der Waals surface area contributed by atoms with Crippen molar-refractivity contribution in [1.29, 1.82) is 0 Å². The average Bonchev–Trinajstić information content (AvgIpc) is 2.30. The van der Waals surface area contributed by atoms with Crippen LogP contribution in [0.2, 0.25) is 0 Å². The van der Waals surface area contributed by atoms with Crippen LogP contribution in [0.25, 0.3) is 0 Å². The lowest BCUT2D eigenvalue weighted by molar-refractivity contribution is -0.144. The summed E-state index contributed by atoms with van der Waals surface area (Å²) in [4.78, 5) is 11.1. The van der Waals surface area contributed by atoms with Crippen molar-refractivity contribution in [2.24, 2.45) is 5.92 Å². The van der Waals surface area contributed by atoms with E-state index in [0.717, 1.165) is 0 Å². The third-order valence-corrected chi connectivity index (χ3v) is 4.20. The van der Waals surface area contributed by atoms with E-state index in [4.69, 9.17) is 0 Å². The van der Waals surface area contributed by atoms with Gasteiger partial charge in [-0.1, -0.05) is 25.1 Å². The van der Waals surface area contributed by atoms with E-state index < -0.39 is 33.3 Å². The molecule has 0 amide bonds. The van der Waals surface area contributed by atoms with Gasteiger partial charge in [0.25, 0.3) is 0 Å². The zero-order chi connectivity index (χ0) is 13.8. The van der Waals surface area contributed by atoms with Crippen molar-refractivity contribution in [1.82, 2.24) is 0 Å². The largest absolute Gasteiger partial charge is 0.469 e. The Morgan fingerprint density at radius 3 is 2.56 bits per heavy atom. The summed E-state index contributed by atoms with van der Waals surface area (Å²) >= 11 is 0. The molecule has 100 valence electrons. The first-order valence-electron chi connectivity index (χ1n) is 5.37. The van der Waals surface area contributed by atoms with E-state index in [1.807, 2.05) is 0 Å². The van der Waals surface area contributed by atoms with Gasteiger partial charge in [0, 0.05) is 5.56 Å². The molecule has 1 unspecified atom stereocenters. The lowest BCUT2D eigenvalue weighted by atomic mass is 10.2. The standard InChI is InChI=1S/C12H15FO4S/c1-9(12(14)17-2)7-18(15,16)8-10-5-3-4-6-11(10)13/h3-6,9H,7-8H2,1-2H3. The number of carbonyl (C=O) groups is 1. The fourth-order valence-electron chi connectivity index (χ4n) is 1.56. The number of sulfone groups is 1. The molecular weight excluding hydrogens is 259 g/mol. The van der Waals surface area contributed by atoms with Crippen LogP contribution in [0.5, 0.6) is 0 Å². The topological polar surface area (TPSA) is 60.4 Å². The van der Waals surface area contributed by atoms with E-state index in [2.05, 4.69) is 4.74 Å². The predicted octanol–water partition coefficient (Wildman–Crippen LogP) is 1.55. The summed E-state index contributed by atoms with van der Waals surface area (Å²) < 4.78 is 41.4. The Balaban J connectivity index is 2.77.